The quantitative estimate of drug-likeness (QED) is 0.243. The van der Waals surface area contributed by atoms with Crippen LogP contribution >= 0.6 is 20.0 Å². The zero-order valence-corrected chi connectivity index (χ0v) is 18.2. The van der Waals surface area contributed by atoms with E-state index >= 15 is 0 Å². The van der Waals surface area contributed by atoms with Gasteiger partial charge in [-0.2, -0.15) is 0 Å². The van der Waals surface area contributed by atoms with Crippen LogP contribution in [0.5, 0.6) is 0 Å². The van der Waals surface area contributed by atoms with Crippen molar-refractivity contribution in [3.63, 3.8) is 0 Å². The second-order valence-electron chi connectivity index (χ2n) is 7.03. The van der Waals surface area contributed by atoms with Crippen molar-refractivity contribution in [2.45, 2.75) is 79.1 Å². The molecule has 0 rings (SSSR count). The minimum atomic E-state index is -0.838. The summed E-state index contributed by atoms with van der Waals surface area (Å²) in [6.07, 6.45) is 10.7. The molecule has 0 saturated carbocycles. The van der Waals surface area contributed by atoms with Gasteiger partial charge in [-0.3, -0.25) is 0 Å². The fourth-order valence-corrected chi connectivity index (χ4v) is 6.62. The first-order valence-electron chi connectivity index (χ1n) is 8.57. The van der Waals surface area contributed by atoms with Gasteiger partial charge < -0.3 is 0 Å². The van der Waals surface area contributed by atoms with Crippen molar-refractivity contribution in [3.05, 3.63) is 0 Å². The Bertz CT molecular complexity index is 262. The topological polar surface area (TPSA) is 26.0 Å². The Hall–Kier alpha value is 0.928. The predicted molar refractivity (Wildman–Crippen MR) is 101 cm³/mol. The maximum absolute atomic E-state index is 6.07. The summed E-state index contributed by atoms with van der Waals surface area (Å²) >= 11 is 7.66. The first-order chi connectivity index (χ1) is 9.78. The van der Waals surface area contributed by atoms with E-state index in [1.165, 1.54) is 62.9 Å². The number of nitrogens with two attached hydrogens (primary N) is 1. The van der Waals surface area contributed by atoms with Crippen LogP contribution in [-0.4, -0.2) is 15.8 Å². The van der Waals surface area contributed by atoms with Gasteiger partial charge in [0.1, 0.15) is 0 Å². The van der Waals surface area contributed by atoms with Crippen LogP contribution in [-0.2, 0) is 18.5 Å². The van der Waals surface area contributed by atoms with Crippen LogP contribution in [0.1, 0.15) is 79.1 Å². The van der Waals surface area contributed by atoms with Gasteiger partial charge in [0.15, 0.2) is 0 Å². The Kier molecular flexibility index (Phi) is 12.9. The third-order valence-electron chi connectivity index (χ3n) is 3.88. The van der Waals surface area contributed by atoms with E-state index in [2.05, 4.69) is 46.2 Å². The van der Waals surface area contributed by atoms with Crippen LogP contribution < -0.4 is 5.73 Å². The van der Waals surface area contributed by atoms with E-state index in [-0.39, 0.29) is 0 Å². The molecule has 0 amide bonds. The van der Waals surface area contributed by atoms with Crippen molar-refractivity contribution in [3.8, 4) is 0 Å². The van der Waals surface area contributed by atoms with Crippen molar-refractivity contribution in [2.75, 3.05) is 11.5 Å². The number of thiocarbonyl (C=S) groups is 1. The maximum atomic E-state index is 6.07. The predicted octanol–water partition coefficient (Wildman–Crippen LogP) is 5.93. The Morgan fingerprint density at radius 1 is 0.857 bits per heavy atom. The van der Waals surface area contributed by atoms with E-state index in [0.29, 0.717) is 0 Å². The Morgan fingerprint density at radius 3 is 1.52 bits per heavy atom. The summed E-state index contributed by atoms with van der Waals surface area (Å²) in [5.41, 5.74) is 6.07. The van der Waals surface area contributed by atoms with Crippen molar-refractivity contribution >= 4 is 24.3 Å². The molecule has 4 heteroatoms. The Labute approximate surface area is 150 Å². The molecule has 0 saturated heterocycles. The molecular formula is C17H36MoNS2. The first-order valence-corrected chi connectivity index (χ1v) is 13.3. The SMILES string of the molecule is CC(C)CCCCC[S]([Mo])(CCCCCC(C)C)C(N)=S. The standard InChI is InChI=1S/C17H35NS2.Mo/c1-15(2)11-7-5-9-13-20(17(18)19)14-10-6-8-12-16(3)4;/h15-16H,5-14H2,1-4H3,(H-,18,19);/q;-1/p+1. The van der Waals surface area contributed by atoms with E-state index in [9.17, 15) is 0 Å². The van der Waals surface area contributed by atoms with Crippen LogP contribution in [0.15, 0.2) is 0 Å². The van der Waals surface area contributed by atoms with E-state index in [1.54, 1.807) is 0 Å². The van der Waals surface area contributed by atoms with Gasteiger partial charge in [-0.1, -0.05) is 0 Å². The molecule has 0 aromatic rings. The van der Waals surface area contributed by atoms with Gasteiger partial charge >= 0.3 is 151 Å². The number of hydrogen-bond donors (Lipinski definition) is 1. The normalized spacial score (nSPS) is 13.0. The monoisotopic (exact) mass is 416 g/mol. The minimum absolute atomic E-state index is 0.819. The molecule has 0 unspecified atom stereocenters. The van der Waals surface area contributed by atoms with Crippen LogP contribution in [0.4, 0.5) is 0 Å². The average Bonchev–Trinajstić information content (AvgIpc) is 2.37. The molecule has 0 spiro atoms. The second kappa shape index (κ2) is 12.4. The van der Waals surface area contributed by atoms with Crippen LogP contribution in [0.25, 0.3) is 0 Å². The van der Waals surface area contributed by atoms with Gasteiger partial charge in [0.05, 0.1) is 0 Å². The zero-order chi connectivity index (χ0) is 16.3. The molecule has 0 aromatic carbocycles. The van der Waals surface area contributed by atoms with Crippen LogP contribution in [0.3, 0.4) is 0 Å². The molecule has 0 aliphatic heterocycles. The van der Waals surface area contributed by atoms with Gasteiger partial charge in [-0.05, 0) is 0 Å². The van der Waals surface area contributed by atoms with Crippen LogP contribution in [0, 0.1) is 11.8 Å². The molecular weight excluding hydrogens is 378 g/mol. The molecule has 0 aliphatic rings. The summed E-state index contributed by atoms with van der Waals surface area (Å²) < 4.78 is 0.819. The molecule has 2 N–H and O–H groups in total. The van der Waals surface area contributed by atoms with E-state index in [1.807, 2.05) is 0 Å². The summed E-state index contributed by atoms with van der Waals surface area (Å²) in [6, 6.07) is 0. The molecule has 0 bridgehead atoms. The number of rotatable bonds is 12. The van der Waals surface area contributed by atoms with Crippen molar-refractivity contribution < 1.29 is 18.5 Å². The van der Waals surface area contributed by atoms with Gasteiger partial charge in [0, 0.05) is 0 Å². The van der Waals surface area contributed by atoms with Gasteiger partial charge in [-0.15, -0.1) is 0 Å². The summed E-state index contributed by atoms with van der Waals surface area (Å²) in [5.74, 6) is 4.19. The average molecular weight is 415 g/mol. The van der Waals surface area contributed by atoms with Gasteiger partial charge in [0.25, 0.3) is 0 Å². The molecule has 21 heavy (non-hydrogen) atoms. The molecule has 0 aromatic heterocycles. The molecule has 0 atom stereocenters. The van der Waals surface area contributed by atoms with Gasteiger partial charge in [-0.25, -0.2) is 0 Å². The van der Waals surface area contributed by atoms with Gasteiger partial charge in [0.2, 0.25) is 0 Å². The second-order valence-corrected chi connectivity index (χ2v) is 15.3. The zero-order valence-electron chi connectivity index (χ0n) is 14.5. The van der Waals surface area contributed by atoms with E-state index < -0.39 is 7.73 Å². The third kappa shape index (κ3) is 12.1. The molecule has 127 valence electrons. The fraction of sp³-hybridized carbons (Fsp3) is 0.941. The van der Waals surface area contributed by atoms with Crippen molar-refractivity contribution in [1.82, 2.24) is 0 Å². The molecule has 0 heterocycles. The number of unbranched alkanes of at least 4 members (excludes halogenated alkanes) is 4. The Morgan fingerprint density at radius 2 is 1.24 bits per heavy atom. The summed E-state index contributed by atoms with van der Waals surface area (Å²) in [5, 5.41) is 0. The van der Waals surface area contributed by atoms with E-state index in [4.69, 9.17) is 18.0 Å². The number of hydrogen-bond acceptors (Lipinski definition) is 1. The molecule has 1 nitrogen and oxygen atoms in total. The summed E-state index contributed by atoms with van der Waals surface area (Å²) in [6.45, 7) is 9.23. The van der Waals surface area contributed by atoms with Crippen molar-refractivity contribution in [1.29, 1.82) is 0 Å². The Balaban J connectivity index is 3.92. The third-order valence-corrected chi connectivity index (χ3v) is 12.1. The molecule has 0 radical (unpaired) electrons. The van der Waals surface area contributed by atoms with Crippen molar-refractivity contribution in [2.24, 2.45) is 17.6 Å². The van der Waals surface area contributed by atoms with E-state index in [0.717, 1.165) is 16.2 Å². The summed E-state index contributed by atoms with van der Waals surface area (Å²) in [7, 11) is -0.838. The summed E-state index contributed by atoms with van der Waals surface area (Å²) in [4.78, 5) is 0. The van der Waals surface area contributed by atoms with Crippen LogP contribution in [0.2, 0.25) is 0 Å². The molecule has 0 fully saturated rings. The molecule has 0 aliphatic carbocycles. The fourth-order valence-electron chi connectivity index (χ4n) is 2.43. The first kappa shape index (κ1) is 21.9.